The van der Waals surface area contributed by atoms with Gasteiger partial charge >= 0.3 is 11.9 Å². The average molecular weight is 487 g/mol. The minimum atomic E-state index is -1.35. The van der Waals surface area contributed by atoms with Crippen LogP contribution in [0.15, 0.2) is 24.3 Å². The highest BCUT2D eigenvalue weighted by Gasteiger charge is 2.51. The highest BCUT2D eigenvalue weighted by atomic mass is 16.7. The van der Waals surface area contributed by atoms with Crippen LogP contribution in [0.3, 0.4) is 0 Å². The topological polar surface area (TPSA) is 93.7 Å². The molecule has 1 saturated heterocycles. The molecule has 0 amide bonds. The van der Waals surface area contributed by atoms with Crippen LogP contribution in [0.25, 0.3) is 0 Å². The summed E-state index contributed by atoms with van der Waals surface area (Å²) in [4.78, 5) is 26.0. The van der Waals surface area contributed by atoms with Gasteiger partial charge < -0.3 is 19.4 Å². The van der Waals surface area contributed by atoms with Crippen molar-refractivity contribution >= 4 is 11.9 Å². The molecule has 8 nitrogen and oxygen atoms in total. The summed E-state index contributed by atoms with van der Waals surface area (Å²) in [6.07, 6.45) is 7.10. The van der Waals surface area contributed by atoms with Crippen molar-refractivity contribution in [3.8, 4) is 5.75 Å². The van der Waals surface area contributed by atoms with Gasteiger partial charge in [-0.3, -0.25) is 9.59 Å². The molecule has 0 bridgehead atoms. The van der Waals surface area contributed by atoms with E-state index in [1.54, 1.807) is 42.8 Å². The first kappa shape index (κ1) is 26.6. The van der Waals surface area contributed by atoms with E-state index in [9.17, 15) is 14.8 Å². The fourth-order valence-corrected chi connectivity index (χ4v) is 4.54. The second-order valence-corrected chi connectivity index (χ2v) is 9.77. The van der Waals surface area contributed by atoms with Gasteiger partial charge in [0.05, 0.1) is 13.7 Å². The summed E-state index contributed by atoms with van der Waals surface area (Å²) in [7, 11) is 1.75. The van der Waals surface area contributed by atoms with Gasteiger partial charge in [-0.15, -0.1) is 0 Å². The molecule has 0 spiro atoms. The highest BCUT2D eigenvalue weighted by molar-refractivity contribution is 5.98. The number of rotatable bonds is 11. The van der Waals surface area contributed by atoms with E-state index in [0.29, 0.717) is 23.6 Å². The van der Waals surface area contributed by atoms with Crippen molar-refractivity contribution in [3.05, 3.63) is 52.2 Å². The number of nitrogens with zero attached hydrogens (tertiary/aromatic N) is 2. The molecule has 2 heterocycles. The van der Waals surface area contributed by atoms with E-state index >= 15 is 0 Å². The molecule has 1 aliphatic rings. The summed E-state index contributed by atoms with van der Waals surface area (Å²) in [6, 6.07) is 7.19. The third-order valence-corrected chi connectivity index (χ3v) is 6.70. The molecule has 1 fully saturated rings. The van der Waals surface area contributed by atoms with E-state index in [1.807, 2.05) is 6.92 Å². The number of imidazole rings is 1. The SMILES string of the molecule is CCCCCCCCOc1ccc(C(c2n(C)c(C)c(C)[n+]2[O-])C2C(=O)OC(C)(C)OC2=O)cc1. The van der Waals surface area contributed by atoms with Crippen molar-refractivity contribution in [2.24, 2.45) is 13.0 Å². The summed E-state index contributed by atoms with van der Waals surface area (Å²) >= 11 is 0. The first-order chi connectivity index (χ1) is 16.6. The van der Waals surface area contributed by atoms with Crippen LogP contribution in [0.1, 0.15) is 88.0 Å². The molecule has 0 N–H and O–H groups in total. The zero-order valence-electron chi connectivity index (χ0n) is 21.8. The molecule has 0 saturated carbocycles. The lowest BCUT2D eigenvalue weighted by Crippen LogP contribution is -2.50. The Balaban J connectivity index is 1.85. The highest BCUT2D eigenvalue weighted by Crippen LogP contribution is 2.38. The van der Waals surface area contributed by atoms with Crippen LogP contribution in [0.5, 0.6) is 5.75 Å². The van der Waals surface area contributed by atoms with Gasteiger partial charge in [0, 0.05) is 27.7 Å². The maximum absolute atomic E-state index is 13.1. The predicted octanol–water partition coefficient (Wildman–Crippen LogP) is 4.60. The number of hydrogen-bond acceptors (Lipinski definition) is 6. The summed E-state index contributed by atoms with van der Waals surface area (Å²) in [5, 5.41) is 13.1. The lowest BCUT2D eigenvalue weighted by atomic mass is 9.84. The maximum atomic E-state index is 13.1. The van der Waals surface area contributed by atoms with Crippen LogP contribution in [-0.2, 0) is 26.1 Å². The van der Waals surface area contributed by atoms with Gasteiger partial charge in [0.15, 0.2) is 5.92 Å². The van der Waals surface area contributed by atoms with Crippen molar-refractivity contribution in [3.63, 3.8) is 0 Å². The van der Waals surface area contributed by atoms with E-state index in [4.69, 9.17) is 14.2 Å². The Morgan fingerprint density at radius 1 is 1.03 bits per heavy atom. The molecule has 1 aromatic carbocycles. The lowest BCUT2D eigenvalue weighted by Gasteiger charge is -2.35. The second-order valence-electron chi connectivity index (χ2n) is 9.77. The van der Waals surface area contributed by atoms with Gasteiger partial charge in [0.25, 0.3) is 11.6 Å². The minimum absolute atomic E-state index is 0.277. The minimum Gasteiger partial charge on any atom is -0.711 e. The van der Waals surface area contributed by atoms with Crippen LogP contribution in [-0.4, -0.2) is 28.9 Å². The quantitative estimate of drug-likeness (QED) is 0.152. The first-order valence-electron chi connectivity index (χ1n) is 12.5. The Kier molecular flexibility index (Phi) is 8.46. The molecule has 192 valence electrons. The summed E-state index contributed by atoms with van der Waals surface area (Å²) in [5.41, 5.74) is 1.88. The predicted molar refractivity (Wildman–Crippen MR) is 131 cm³/mol. The van der Waals surface area contributed by atoms with Crippen molar-refractivity contribution < 1.29 is 28.5 Å². The smallest absolute Gasteiger partial charge is 0.324 e. The Bertz CT molecular complexity index is 995. The second kappa shape index (κ2) is 11.1. The Hall–Kier alpha value is -3.03. The third kappa shape index (κ3) is 5.97. The molecule has 3 rings (SSSR count). The fourth-order valence-electron chi connectivity index (χ4n) is 4.54. The average Bonchev–Trinajstić information content (AvgIpc) is 2.98. The van der Waals surface area contributed by atoms with Crippen LogP contribution in [0.2, 0.25) is 0 Å². The summed E-state index contributed by atoms with van der Waals surface area (Å²) < 4.78 is 19.2. The van der Waals surface area contributed by atoms with Gasteiger partial charge in [-0.25, -0.2) is 9.30 Å². The molecule has 0 radical (unpaired) electrons. The van der Waals surface area contributed by atoms with Gasteiger partial charge in [-0.2, -0.15) is 0 Å². The largest absolute Gasteiger partial charge is 0.711 e. The van der Waals surface area contributed by atoms with E-state index in [1.165, 1.54) is 39.5 Å². The number of ether oxygens (including phenoxy) is 3. The number of cyclic esters (lactones) is 2. The van der Waals surface area contributed by atoms with Gasteiger partial charge in [0.2, 0.25) is 0 Å². The normalized spacial score (nSPS) is 16.6. The molecule has 1 atom stereocenters. The lowest BCUT2D eigenvalue weighted by molar-refractivity contribution is -0.621. The monoisotopic (exact) mass is 486 g/mol. The zero-order chi connectivity index (χ0) is 25.8. The van der Waals surface area contributed by atoms with Crippen LogP contribution in [0, 0.1) is 25.0 Å². The van der Waals surface area contributed by atoms with Crippen LogP contribution < -0.4 is 9.47 Å². The number of carbonyl (C=O) groups excluding carboxylic acids is 2. The summed E-state index contributed by atoms with van der Waals surface area (Å²) in [6.45, 7) is 9.38. The molecule has 35 heavy (non-hydrogen) atoms. The number of carbonyl (C=O) groups is 2. The standard InChI is InChI=1S/C27H38N2O6/c1-7-8-9-10-11-12-17-33-21-15-13-20(14-16-21)22(24-28(6)18(2)19(3)29(24)32)23-25(30)34-27(4,5)35-26(23)31/h13-16,22-23H,7-12,17H2,1-6H3. The molecular formula is C27H38N2O6. The number of aromatic nitrogens is 2. The molecule has 8 heteroatoms. The Morgan fingerprint density at radius 3 is 2.14 bits per heavy atom. The maximum Gasteiger partial charge on any atom is 0.324 e. The van der Waals surface area contributed by atoms with Gasteiger partial charge in [-0.1, -0.05) is 51.2 Å². The molecule has 2 aromatic rings. The van der Waals surface area contributed by atoms with Crippen molar-refractivity contribution in [1.29, 1.82) is 0 Å². The van der Waals surface area contributed by atoms with Crippen molar-refractivity contribution in [2.45, 2.75) is 84.8 Å². The van der Waals surface area contributed by atoms with Crippen LogP contribution in [0.4, 0.5) is 0 Å². The summed E-state index contributed by atoms with van der Waals surface area (Å²) in [5.74, 6) is -3.98. The molecule has 1 aromatic heterocycles. The molecular weight excluding hydrogens is 448 g/mol. The van der Waals surface area contributed by atoms with E-state index < -0.39 is 29.6 Å². The molecule has 1 unspecified atom stereocenters. The van der Waals surface area contributed by atoms with E-state index in [2.05, 4.69) is 6.92 Å². The third-order valence-electron chi connectivity index (χ3n) is 6.70. The molecule has 0 aliphatic carbocycles. The Morgan fingerprint density at radius 2 is 1.60 bits per heavy atom. The number of esters is 2. The Labute approximate surface area is 207 Å². The number of hydrogen-bond donors (Lipinski definition) is 0. The van der Waals surface area contributed by atoms with E-state index in [-0.39, 0.29) is 5.82 Å². The first-order valence-corrected chi connectivity index (χ1v) is 12.5. The number of unbranched alkanes of at least 4 members (excludes halogenated alkanes) is 5. The molecule has 1 aliphatic heterocycles. The van der Waals surface area contributed by atoms with Crippen LogP contribution >= 0.6 is 0 Å². The fraction of sp³-hybridized carbons (Fsp3) is 0.593. The van der Waals surface area contributed by atoms with Crippen molar-refractivity contribution in [1.82, 2.24) is 4.57 Å². The van der Waals surface area contributed by atoms with Gasteiger partial charge in [0.1, 0.15) is 23.1 Å². The van der Waals surface area contributed by atoms with Crippen molar-refractivity contribution in [2.75, 3.05) is 6.61 Å². The van der Waals surface area contributed by atoms with E-state index in [0.717, 1.165) is 23.3 Å². The zero-order valence-corrected chi connectivity index (χ0v) is 21.8. The van der Waals surface area contributed by atoms with Gasteiger partial charge in [-0.05, 0) is 24.1 Å². The number of benzene rings is 1.